The van der Waals surface area contributed by atoms with E-state index in [1.807, 2.05) is 0 Å². The number of phosphoric ester groups is 1. The molecule has 0 amide bonds. The summed E-state index contributed by atoms with van der Waals surface area (Å²) in [6, 6.07) is 7.93. The van der Waals surface area contributed by atoms with Gasteiger partial charge in [0.25, 0.3) is 0 Å². The fourth-order valence-corrected chi connectivity index (χ4v) is 3.39. The number of aromatic nitrogens is 2. The van der Waals surface area contributed by atoms with Crippen molar-refractivity contribution < 1.29 is 36.9 Å². The monoisotopic (exact) mass is 492 g/mol. The molecule has 1 aliphatic heterocycles. The molecule has 1 atom stereocenters. The Kier molecular flexibility index (Phi) is 6.87. The molecule has 1 unspecified atom stereocenters. The topological polar surface area (TPSA) is 144 Å². The number of halogens is 2. The summed E-state index contributed by atoms with van der Waals surface area (Å²) in [7, 11) is -4.65. The zero-order valence-electron chi connectivity index (χ0n) is 17.4. The molecule has 1 aliphatic rings. The minimum absolute atomic E-state index is 0.137. The van der Waals surface area contributed by atoms with Crippen LogP contribution in [-0.4, -0.2) is 37.7 Å². The lowest BCUT2D eigenvalue weighted by Gasteiger charge is -2.30. The van der Waals surface area contributed by atoms with Crippen molar-refractivity contribution in [3.05, 3.63) is 89.6 Å². The Balaban J connectivity index is 1.39. The number of rotatable bonds is 8. The van der Waals surface area contributed by atoms with Gasteiger partial charge < -0.3 is 29.7 Å². The summed E-state index contributed by atoms with van der Waals surface area (Å²) < 4.78 is 52.9. The van der Waals surface area contributed by atoms with E-state index in [9.17, 15) is 13.3 Å². The average Bonchev–Trinajstić information content (AvgIpc) is 3.24. The van der Waals surface area contributed by atoms with Crippen LogP contribution in [0, 0.1) is 11.6 Å². The number of hydrogen-bond acceptors (Lipinski definition) is 8. The number of nitrogens with two attached hydrogens (primary N) is 1. The van der Waals surface area contributed by atoms with E-state index >= 15 is 0 Å². The number of benzene rings is 1. The zero-order valence-corrected chi connectivity index (χ0v) is 18.3. The minimum Gasteiger partial charge on any atom is -0.436 e. The summed E-state index contributed by atoms with van der Waals surface area (Å²) in [5.41, 5.74) is 8.05. The molecule has 4 rings (SSSR count). The van der Waals surface area contributed by atoms with Gasteiger partial charge in [0.05, 0.1) is 5.69 Å². The molecule has 10 nitrogen and oxygen atoms in total. The van der Waals surface area contributed by atoms with Crippen LogP contribution in [0.25, 0.3) is 5.57 Å². The number of allylic oxidation sites excluding steroid dienone is 2. The molecule has 1 aromatic carbocycles. The molecule has 34 heavy (non-hydrogen) atoms. The van der Waals surface area contributed by atoms with E-state index in [0.29, 0.717) is 23.4 Å². The Morgan fingerprint density at radius 2 is 2.03 bits per heavy atom. The molecule has 0 aliphatic carbocycles. The fourth-order valence-electron chi connectivity index (χ4n) is 3.11. The lowest BCUT2D eigenvalue weighted by Crippen LogP contribution is -2.41. The summed E-state index contributed by atoms with van der Waals surface area (Å²) in [6.45, 7) is -0.414. The van der Waals surface area contributed by atoms with Crippen LogP contribution in [-0.2, 0) is 15.5 Å². The quantitative estimate of drug-likeness (QED) is 0.401. The van der Waals surface area contributed by atoms with E-state index < -0.39 is 32.4 Å². The molecule has 0 spiro atoms. The standard InChI is InChI=1S/C21H19F2N4O6P/c22-14-4-5-18(17(23)9-14)32-20-6-3-13(11-25-20)8-15-10-19(33-26-15)16-2-1-7-27(21(16)24)12-31-34(28,29)30/h1-7,9-11,21H,8,12,24H2,(H2,28,29,30). The Hall–Kier alpha value is -3.41. The number of hydrogen-bond donors (Lipinski definition) is 3. The number of pyridine rings is 1. The lowest BCUT2D eigenvalue weighted by molar-refractivity contribution is 0.110. The molecule has 3 aromatic rings. The van der Waals surface area contributed by atoms with Gasteiger partial charge >= 0.3 is 7.82 Å². The predicted molar refractivity (Wildman–Crippen MR) is 115 cm³/mol. The zero-order chi connectivity index (χ0) is 24.3. The van der Waals surface area contributed by atoms with Crippen LogP contribution < -0.4 is 10.5 Å². The third-order valence-electron chi connectivity index (χ3n) is 4.74. The first-order valence-electron chi connectivity index (χ1n) is 9.81. The lowest BCUT2D eigenvalue weighted by atomic mass is 10.1. The third-order valence-corrected chi connectivity index (χ3v) is 5.19. The second-order valence-corrected chi connectivity index (χ2v) is 8.45. The first kappa shape index (κ1) is 23.7. The van der Waals surface area contributed by atoms with Crippen LogP contribution >= 0.6 is 7.82 Å². The maximum absolute atomic E-state index is 13.7. The Bertz CT molecular complexity index is 1270. The van der Waals surface area contributed by atoms with Gasteiger partial charge in [0.15, 0.2) is 17.3 Å². The third kappa shape index (κ3) is 5.93. The van der Waals surface area contributed by atoms with Crippen molar-refractivity contribution in [2.24, 2.45) is 5.73 Å². The first-order chi connectivity index (χ1) is 16.2. The van der Waals surface area contributed by atoms with E-state index in [1.165, 1.54) is 23.4 Å². The highest BCUT2D eigenvalue weighted by molar-refractivity contribution is 7.46. The molecule has 0 radical (unpaired) electrons. The smallest absolute Gasteiger partial charge is 0.436 e. The Labute approximate surface area is 192 Å². The van der Waals surface area contributed by atoms with Crippen LogP contribution in [0.5, 0.6) is 11.6 Å². The first-order valence-corrected chi connectivity index (χ1v) is 11.3. The number of nitrogens with zero attached hydrogens (tertiary/aromatic N) is 3. The van der Waals surface area contributed by atoms with Crippen LogP contribution in [0.3, 0.4) is 0 Å². The maximum Gasteiger partial charge on any atom is 0.471 e. The summed E-state index contributed by atoms with van der Waals surface area (Å²) >= 11 is 0. The average molecular weight is 492 g/mol. The minimum atomic E-state index is -4.65. The molecular weight excluding hydrogens is 473 g/mol. The second-order valence-electron chi connectivity index (χ2n) is 7.21. The van der Waals surface area contributed by atoms with Crippen molar-refractivity contribution in [1.29, 1.82) is 0 Å². The van der Waals surface area contributed by atoms with Gasteiger partial charge in [-0.1, -0.05) is 17.3 Å². The molecule has 3 heterocycles. The van der Waals surface area contributed by atoms with Crippen LogP contribution in [0.4, 0.5) is 8.78 Å². The Morgan fingerprint density at radius 3 is 2.74 bits per heavy atom. The molecule has 4 N–H and O–H groups in total. The number of ether oxygens (including phenoxy) is 1. The molecule has 0 bridgehead atoms. The normalized spacial score (nSPS) is 16.0. The van der Waals surface area contributed by atoms with Gasteiger partial charge in [-0.15, -0.1) is 0 Å². The van der Waals surface area contributed by atoms with Crippen LogP contribution in [0.15, 0.2) is 65.5 Å². The van der Waals surface area contributed by atoms with Crippen molar-refractivity contribution in [2.45, 2.75) is 12.6 Å². The van der Waals surface area contributed by atoms with Crippen molar-refractivity contribution >= 4 is 13.4 Å². The van der Waals surface area contributed by atoms with E-state index in [1.54, 1.807) is 30.4 Å². The van der Waals surface area contributed by atoms with E-state index in [0.717, 1.165) is 17.7 Å². The van der Waals surface area contributed by atoms with Crippen molar-refractivity contribution in [3.8, 4) is 11.6 Å². The molecule has 2 aromatic heterocycles. The molecule has 13 heteroatoms. The highest BCUT2D eigenvalue weighted by Crippen LogP contribution is 2.36. The largest absolute Gasteiger partial charge is 0.471 e. The van der Waals surface area contributed by atoms with E-state index in [-0.39, 0.29) is 11.6 Å². The number of phosphoric acid groups is 1. The van der Waals surface area contributed by atoms with Gasteiger partial charge in [0.2, 0.25) is 5.88 Å². The van der Waals surface area contributed by atoms with Gasteiger partial charge in [0.1, 0.15) is 18.7 Å². The summed E-state index contributed by atoms with van der Waals surface area (Å²) in [5, 5.41) is 4.03. The molecular formula is C21H19F2N4O6P. The summed E-state index contributed by atoms with van der Waals surface area (Å²) in [4.78, 5) is 23.3. The maximum atomic E-state index is 13.7. The van der Waals surface area contributed by atoms with Gasteiger partial charge in [-0.25, -0.2) is 18.3 Å². The van der Waals surface area contributed by atoms with E-state index in [4.69, 9.17) is 24.8 Å². The van der Waals surface area contributed by atoms with E-state index in [2.05, 4.69) is 14.7 Å². The van der Waals surface area contributed by atoms with Gasteiger partial charge in [0, 0.05) is 42.6 Å². The van der Waals surface area contributed by atoms with Crippen LogP contribution in [0.1, 0.15) is 17.0 Å². The second kappa shape index (κ2) is 9.84. The predicted octanol–water partition coefficient (Wildman–Crippen LogP) is 3.30. The van der Waals surface area contributed by atoms with Crippen molar-refractivity contribution in [2.75, 3.05) is 6.73 Å². The van der Waals surface area contributed by atoms with Crippen LogP contribution in [0.2, 0.25) is 0 Å². The summed E-state index contributed by atoms with van der Waals surface area (Å²) in [5.74, 6) is -1.17. The van der Waals surface area contributed by atoms with Gasteiger partial charge in [-0.3, -0.25) is 4.52 Å². The molecule has 0 saturated carbocycles. The molecule has 0 saturated heterocycles. The molecule has 178 valence electrons. The van der Waals surface area contributed by atoms with Gasteiger partial charge in [-0.05, 0) is 23.8 Å². The van der Waals surface area contributed by atoms with Gasteiger partial charge in [-0.2, -0.15) is 0 Å². The summed E-state index contributed by atoms with van der Waals surface area (Å²) in [6.07, 6.45) is 5.99. The Morgan fingerprint density at radius 1 is 1.21 bits per heavy atom. The highest BCUT2D eigenvalue weighted by Gasteiger charge is 2.25. The molecule has 0 fully saturated rings. The fraction of sp³-hybridized carbons (Fsp3) is 0.143. The SMILES string of the molecule is NC1C(c2cc(Cc3ccc(Oc4ccc(F)cc4F)nc3)no2)=CC=CN1COP(=O)(O)O. The van der Waals surface area contributed by atoms with Crippen molar-refractivity contribution in [1.82, 2.24) is 15.0 Å². The highest BCUT2D eigenvalue weighted by atomic mass is 31.2. The van der Waals surface area contributed by atoms with Crippen molar-refractivity contribution in [3.63, 3.8) is 0 Å².